The first kappa shape index (κ1) is 15.5. The van der Waals surface area contributed by atoms with Crippen LogP contribution in [0.3, 0.4) is 0 Å². The monoisotopic (exact) mass is 326 g/mol. The van der Waals surface area contributed by atoms with Crippen molar-refractivity contribution in [2.24, 2.45) is 0 Å². The van der Waals surface area contributed by atoms with Gasteiger partial charge < -0.3 is 9.64 Å². The van der Waals surface area contributed by atoms with E-state index in [4.69, 9.17) is 4.74 Å². The third kappa shape index (κ3) is 2.99. The summed E-state index contributed by atoms with van der Waals surface area (Å²) in [7, 11) is 0. The molecule has 0 radical (unpaired) electrons. The summed E-state index contributed by atoms with van der Waals surface area (Å²) in [6, 6.07) is 6.07. The molecular weight excluding hydrogens is 304 g/mol. The van der Waals surface area contributed by atoms with Crippen LogP contribution in [-0.2, 0) is 4.74 Å². The van der Waals surface area contributed by atoms with Crippen LogP contribution in [-0.4, -0.2) is 71.1 Å². The molecule has 0 N–H and O–H groups in total. The van der Waals surface area contributed by atoms with Gasteiger partial charge in [0, 0.05) is 44.6 Å². The fourth-order valence-corrected chi connectivity index (χ4v) is 3.72. The number of carbonyl (C=O) groups is 1. The third-order valence-electron chi connectivity index (χ3n) is 4.97. The Labute approximate surface area is 141 Å². The van der Waals surface area contributed by atoms with Crippen molar-refractivity contribution in [2.75, 3.05) is 39.4 Å². The summed E-state index contributed by atoms with van der Waals surface area (Å²) in [5.74, 6) is 0.0686. The summed E-state index contributed by atoms with van der Waals surface area (Å²) in [5.41, 5.74) is 2.12. The fourth-order valence-electron chi connectivity index (χ4n) is 3.72. The van der Waals surface area contributed by atoms with Crippen LogP contribution < -0.4 is 0 Å². The lowest BCUT2D eigenvalue weighted by Gasteiger charge is -2.40. The van der Waals surface area contributed by atoms with Gasteiger partial charge in [-0.3, -0.25) is 19.7 Å². The Bertz CT molecular complexity index is 725. The Morgan fingerprint density at radius 1 is 1.12 bits per heavy atom. The zero-order chi connectivity index (χ0) is 16.4. The van der Waals surface area contributed by atoms with Crippen molar-refractivity contribution in [1.29, 1.82) is 0 Å². The van der Waals surface area contributed by atoms with Gasteiger partial charge in [-0.25, -0.2) is 0 Å². The number of para-hydroxylation sites is 1. The first-order chi connectivity index (χ1) is 11.8. The SMILES string of the molecule is O=C(c1cccc2nccnc12)N1CCCC(N2CCOCC2)C1. The minimum absolute atomic E-state index is 0.0686. The van der Waals surface area contributed by atoms with E-state index in [1.807, 2.05) is 23.1 Å². The van der Waals surface area contributed by atoms with Gasteiger partial charge in [-0.2, -0.15) is 0 Å². The Kier molecular flexibility index (Phi) is 4.40. The van der Waals surface area contributed by atoms with E-state index in [1.165, 1.54) is 0 Å². The van der Waals surface area contributed by atoms with Gasteiger partial charge in [0.15, 0.2) is 0 Å². The molecule has 1 aromatic heterocycles. The highest BCUT2D eigenvalue weighted by atomic mass is 16.5. The maximum atomic E-state index is 13.1. The van der Waals surface area contributed by atoms with E-state index in [-0.39, 0.29) is 5.91 Å². The Morgan fingerprint density at radius 3 is 2.83 bits per heavy atom. The number of rotatable bonds is 2. The van der Waals surface area contributed by atoms with Gasteiger partial charge in [-0.1, -0.05) is 6.07 Å². The number of morpholine rings is 1. The van der Waals surface area contributed by atoms with Gasteiger partial charge in [0.1, 0.15) is 5.52 Å². The summed E-state index contributed by atoms with van der Waals surface area (Å²) in [6.45, 7) is 5.12. The summed E-state index contributed by atoms with van der Waals surface area (Å²) in [4.78, 5) is 26.2. The molecule has 126 valence electrons. The predicted octanol–water partition coefficient (Wildman–Crippen LogP) is 1.57. The second-order valence-electron chi connectivity index (χ2n) is 6.43. The highest BCUT2D eigenvalue weighted by Gasteiger charge is 2.29. The molecule has 0 spiro atoms. The number of ether oxygens (including phenoxy) is 1. The van der Waals surface area contributed by atoms with Crippen LogP contribution in [0.25, 0.3) is 11.0 Å². The van der Waals surface area contributed by atoms with E-state index >= 15 is 0 Å². The van der Waals surface area contributed by atoms with E-state index in [0.29, 0.717) is 17.1 Å². The molecule has 0 saturated carbocycles. The Morgan fingerprint density at radius 2 is 1.96 bits per heavy atom. The number of hydrogen-bond acceptors (Lipinski definition) is 5. The summed E-state index contributed by atoms with van der Waals surface area (Å²) in [6.07, 6.45) is 5.50. The lowest BCUT2D eigenvalue weighted by Crippen LogP contribution is -2.52. The van der Waals surface area contributed by atoms with Crippen molar-refractivity contribution >= 4 is 16.9 Å². The minimum atomic E-state index is 0.0686. The largest absolute Gasteiger partial charge is 0.379 e. The van der Waals surface area contributed by atoms with Gasteiger partial charge in [0.05, 0.1) is 24.3 Å². The fraction of sp³-hybridized carbons (Fsp3) is 0.500. The molecule has 1 atom stereocenters. The highest BCUT2D eigenvalue weighted by molar-refractivity contribution is 6.04. The lowest BCUT2D eigenvalue weighted by molar-refractivity contribution is -0.00118. The zero-order valence-electron chi connectivity index (χ0n) is 13.7. The van der Waals surface area contributed by atoms with E-state index in [9.17, 15) is 4.79 Å². The number of likely N-dealkylation sites (tertiary alicyclic amines) is 1. The molecule has 1 amide bonds. The molecule has 4 rings (SSSR count). The van der Waals surface area contributed by atoms with Crippen molar-refractivity contribution in [3.8, 4) is 0 Å². The molecule has 2 aromatic rings. The molecule has 0 aliphatic carbocycles. The molecule has 2 saturated heterocycles. The smallest absolute Gasteiger partial charge is 0.256 e. The second kappa shape index (κ2) is 6.83. The molecule has 0 bridgehead atoms. The third-order valence-corrected chi connectivity index (χ3v) is 4.97. The number of piperidine rings is 1. The molecule has 1 aromatic carbocycles. The molecule has 24 heavy (non-hydrogen) atoms. The van der Waals surface area contributed by atoms with Crippen molar-refractivity contribution in [3.05, 3.63) is 36.2 Å². The molecule has 3 heterocycles. The number of aromatic nitrogens is 2. The molecule has 6 heteroatoms. The predicted molar refractivity (Wildman–Crippen MR) is 90.9 cm³/mol. The van der Waals surface area contributed by atoms with Crippen molar-refractivity contribution in [2.45, 2.75) is 18.9 Å². The number of carbonyl (C=O) groups excluding carboxylic acids is 1. The minimum Gasteiger partial charge on any atom is -0.379 e. The molecule has 2 aliphatic heterocycles. The van der Waals surface area contributed by atoms with Crippen molar-refractivity contribution in [1.82, 2.24) is 19.8 Å². The van der Waals surface area contributed by atoms with Crippen molar-refractivity contribution in [3.63, 3.8) is 0 Å². The van der Waals surface area contributed by atoms with E-state index in [2.05, 4.69) is 14.9 Å². The quantitative estimate of drug-likeness (QED) is 0.838. The summed E-state index contributed by atoms with van der Waals surface area (Å²) < 4.78 is 5.44. The van der Waals surface area contributed by atoms with E-state index in [0.717, 1.165) is 57.8 Å². The van der Waals surface area contributed by atoms with Crippen LogP contribution in [0.5, 0.6) is 0 Å². The first-order valence-corrected chi connectivity index (χ1v) is 8.64. The van der Waals surface area contributed by atoms with Crippen LogP contribution in [0.1, 0.15) is 23.2 Å². The maximum absolute atomic E-state index is 13.1. The average Bonchev–Trinajstić information content (AvgIpc) is 2.68. The normalized spacial score (nSPS) is 22.7. The molecule has 6 nitrogen and oxygen atoms in total. The number of nitrogens with zero attached hydrogens (tertiary/aromatic N) is 4. The molecular formula is C18H22N4O2. The number of benzene rings is 1. The highest BCUT2D eigenvalue weighted by Crippen LogP contribution is 2.21. The average molecular weight is 326 g/mol. The van der Waals surface area contributed by atoms with E-state index < -0.39 is 0 Å². The number of amides is 1. The molecule has 2 fully saturated rings. The molecule has 1 unspecified atom stereocenters. The van der Waals surface area contributed by atoms with Gasteiger partial charge in [0.2, 0.25) is 0 Å². The lowest BCUT2D eigenvalue weighted by atomic mass is 10.0. The number of hydrogen-bond donors (Lipinski definition) is 0. The van der Waals surface area contributed by atoms with Crippen LogP contribution in [0.2, 0.25) is 0 Å². The number of fused-ring (bicyclic) bond motifs is 1. The Hall–Kier alpha value is -2.05. The maximum Gasteiger partial charge on any atom is 0.256 e. The summed E-state index contributed by atoms with van der Waals surface area (Å²) in [5, 5.41) is 0. The first-order valence-electron chi connectivity index (χ1n) is 8.64. The second-order valence-corrected chi connectivity index (χ2v) is 6.43. The van der Waals surface area contributed by atoms with Crippen LogP contribution in [0, 0.1) is 0 Å². The Balaban J connectivity index is 1.55. The molecule has 2 aliphatic rings. The van der Waals surface area contributed by atoms with Gasteiger partial charge >= 0.3 is 0 Å². The topological polar surface area (TPSA) is 58.6 Å². The van der Waals surface area contributed by atoms with Crippen molar-refractivity contribution < 1.29 is 9.53 Å². The summed E-state index contributed by atoms with van der Waals surface area (Å²) >= 11 is 0. The standard InChI is InChI=1S/C18H22N4O2/c23-18(15-4-1-5-16-17(15)20-7-6-19-16)22-8-2-3-14(13-22)21-9-11-24-12-10-21/h1,4-7,14H,2-3,8-13H2. The zero-order valence-corrected chi connectivity index (χ0v) is 13.7. The van der Waals surface area contributed by atoms with Crippen LogP contribution in [0.4, 0.5) is 0 Å². The van der Waals surface area contributed by atoms with Crippen LogP contribution in [0.15, 0.2) is 30.6 Å². The van der Waals surface area contributed by atoms with Gasteiger partial charge in [0.25, 0.3) is 5.91 Å². The van der Waals surface area contributed by atoms with Crippen LogP contribution >= 0.6 is 0 Å². The van der Waals surface area contributed by atoms with Gasteiger partial charge in [-0.15, -0.1) is 0 Å². The van der Waals surface area contributed by atoms with Gasteiger partial charge in [-0.05, 0) is 25.0 Å². The van der Waals surface area contributed by atoms with E-state index in [1.54, 1.807) is 12.4 Å².